The molecule has 25 heavy (non-hydrogen) atoms. The van der Waals surface area contributed by atoms with Gasteiger partial charge in [-0.05, 0) is 50.6 Å². The predicted octanol–water partition coefficient (Wildman–Crippen LogP) is 2.49. The maximum Gasteiger partial charge on any atom is 0.261 e. The van der Waals surface area contributed by atoms with Crippen LogP contribution in [0.3, 0.4) is 0 Å². The first-order chi connectivity index (χ1) is 12.0. The van der Waals surface area contributed by atoms with Crippen LogP contribution in [0.25, 0.3) is 0 Å². The van der Waals surface area contributed by atoms with Gasteiger partial charge in [0.1, 0.15) is 0 Å². The normalized spacial score (nSPS) is 17.2. The second kappa shape index (κ2) is 7.25. The highest BCUT2D eigenvalue weighted by molar-refractivity contribution is 7.92. The van der Waals surface area contributed by atoms with Crippen LogP contribution in [0.4, 0.5) is 11.4 Å². The Morgan fingerprint density at radius 2 is 1.76 bits per heavy atom. The minimum Gasteiger partial charge on any atom is -0.323 e. The van der Waals surface area contributed by atoms with Crippen LogP contribution in [0, 0.1) is 6.92 Å². The molecule has 0 saturated carbocycles. The first kappa shape index (κ1) is 17.4. The molecule has 0 spiro atoms. The van der Waals surface area contributed by atoms with Gasteiger partial charge in [0, 0.05) is 0 Å². The van der Waals surface area contributed by atoms with Crippen molar-refractivity contribution >= 4 is 27.3 Å². The number of anilines is 2. The van der Waals surface area contributed by atoms with E-state index in [0.717, 1.165) is 24.9 Å². The summed E-state index contributed by atoms with van der Waals surface area (Å²) in [4.78, 5) is 12.5. The molecule has 1 heterocycles. The average Bonchev–Trinajstić information content (AvgIpc) is 3.11. The van der Waals surface area contributed by atoms with Crippen LogP contribution >= 0.6 is 0 Å². The minimum absolute atomic E-state index is 0.153. The van der Waals surface area contributed by atoms with E-state index in [1.165, 1.54) is 0 Å². The van der Waals surface area contributed by atoms with Gasteiger partial charge in [-0.2, -0.15) is 0 Å². The van der Waals surface area contributed by atoms with Gasteiger partial charge < -0.3 is 10.6 Å². The van der Waals surface area contributed by atoms with Crippen LogP contribution in [0.1, 0.15) is 18.4 Å². The van der Waals surface area contributed by atoms with E-state index in [4.69, 9.17) is 0 Å². The third-order valence-corrected chi connectivity index (χ3v) is 5.52. The van der Waals surface area contributed by atoms with Gasteiger partial charge in [-0.3, -0.25) is 9.52 Å². The van der Waals surface area contributed by atoms with Crippen LogP contribution in [-0.2, 0) is 14.8 Å². The number of hydrogen-bond acceptors (Lipinski definition) is 4. The second-order valence-corrected chi connectivity index (χ2v) is 7.78. The molecule has 6 nitrogen and oxygen atoms in total. The van der Waals surface area contributed by atoms with Gasteiger partial charge in [0.15, 0.2) is 0 Å². The van der Waals surface area contributed by atoms with Crippen LogP contribution in [0.15, 0.2) is 53.4 Å². The molecule has 3 rings (SSSR count). The fourth-order valence-corrected chi connectivity index (χ4v) is 3.81. The molecule has 1 atom stereocenters. The van der Waals surface area contributed by atoms with Gasteiger partial charge in [0.25, 0.3) is 10.0 Å². The highest BCUT2D eigenvalue weighted by Gasteiger charge is 2.23. The Kier molecular flexibility index (Phi) is 5.06. The summed E-state index contributed by atoms with van der Waals surface area (Å²) in [6, 6.07) is 13.1. The van der Waals surface area contributed by atoms with Gasteiger partial charge in [-0.25, -0.2) is 8.42 Å². The Hall–Kier alpha value is -2.38. The Bertz CT molecular complexity index is 857. The fourth-order valence-electron chi connectivity index (χ4n) is 2.73. The number of carbonyl (C=O) groups excluding carboxylic acids is 1. The number of rotatable bonds is 5. The van der Waals surface area contributed by atoms with Crippen molar-refractivity contribution in [2.24, 2.45) is 0 Å². The Balaban J connectivity index is 1.80. The Labute approximate surface area is 147 Å². The van der Waals surface area contributed by atoms with Crippen molar-refractivity contribution in [3.63, 3.8) is 0 Å². The molecule has 1 aliphatic rings. The SMILES string of the molecule is Cc1ccc(S(=O)(=O)Nc2ccccc2NC(=O)[C@@H]2CCCN2)cc1. The van der Waals surface area contributed by atoms with E-state index >= 15 is 0 Å². The van der Waals surface area contributed by atoms with Gasteiger partial charge in [0.2, 0.25) is 5.91 Å². The molecule has 0 aliphatic carbocycles. The van der Waals surface area contributed by atoms with Crippen molar-refractivity contribution in [3.8, 4) is 0 Å². The van der Waals surface area contributed by atoms with Gasteiger partial charge >= 0.3 is 0 Å². The molecule has 1 fully saturated rings. The fraction of sp³-hybridized carbons (Fsp3) is 0.278. The maximum absolute atomic E-state index is 12.6. The average molecular weight is 359 g/mol. The number of hydrogen-bond donors (Lipinski definition) is 3. The molecule has 3 N–H and O–H groups in total. The van der Waals surface area contributed by atoms with Crippen molar-refractivity contribution in [2.45, 2.75) is 30.7 Å². The summed E-state index contributed by atoms with van der Waals surface area (Å²) in [5.41, 5.74) is 1.77. The smallest absolute Gasteiger partial charge is 0.261 e. The topological polar surface area (TPSA) is 87.3 Å². The molecule has 2 aromatic carbocycles. The zero-order valence-electron chi connectivity index (χ0n) is 14.0. The van der Waals surface area contributed by atoms with E-state index < -0.39 is 10.0 Å². The molecule has 0 unspecified atom stereocenters. The lowest BCUT2D eigenvalue weighted by Crippen LogP contribution is -2.35. The quantitative estimate of drug-likeness (QED) is 0.765. The zero-order valence-corrected chi connectivity index (χ0v) is 14.8. The number of carbonyl (C=O) groups is 1. The molecule has 0 aromatic heterocycles. The van der Waals surface area contributed by atoms with Gasteiger partial charge in [0.05, 0.1) is 22.3 Å². The second-order valence-electron chi connectivity index (χ2n) is 6.10. The van der Waals surface area contributed by atoms with E-state index in [-0.39, 0.29) is 16.8 Å². The number of benzene rings is 2. The van der Waals surface area contributed by atoms with E-state index in [0.29, 0.717) is 11.4 Å². The summed E-state index contributed by atoms with van der Waals surface area (Å²) in [5.74, 6) is -0.153. The number of para-hydroxylation sites is 2. The van der Waals surface area contributed by atoms with Crippen molar-refractivity contribution in [1.29, 1.82) is 0 Å². The van der Waals surface area contributed by atoms with E-state index in [1.54, 1.807) is 48.5 Å². The van der Waals surface area contributed by atoms with Gasteiger partial charge in [-0.1, -0.05) is 29.8 Å². The summed E-state index contributed by atoms with van der Waals surface area (Å²) in [5, 5.41) is 5.93. The Morgan fingerprint density at radius 3 is 2.40 bits per heavy atom. The van der Waals surface area contributed by atoms with Gasteiger partial charge in [-0.15, -0.1) is 0 Å². The number of sulfonamides is 1. The van der Waals surface area contributed by atoms with Crippen LogP contribution in [0.2, 0.25) is 0 Å². The molecular formula is C18H21N3O3S. The highest BCUT2D eigenvalue weighted by Crippen LogP contribution is 2.25. The largest absolute Gasteiger partial charge is 0.323 e. The zero-order chi connectivity index (χ0) is 17.9. The van der Waals surface area contributed by atoms with E-state index in [2.05, 4.69) is 15.4 Å². The number of aryl methyl sites for hydroxylation is 1. The summed E-state index contributed by atoms with van der Waals surface area (Å²) in [6.07, 6.45) is 1.74. The lowest BCUT2D eigenvalue weighted by Gasteiger charge is -2.16. The number of amides is 1. The summed E-state index contributed by atoms with van der Waals surface area (Å²) < 4.78 is 27.7. The molecule has 0 radical (unpaired) electrons. The van der Waals surface area contributed by atoms with E-state index in [9.17, 15) is 13.2 Å². The van der Waals surface area contributed by atoms with Crippen molar-refractivity contribution in [3.05, 3.63) is 54.1 Å². The van der Waals surface area contributed by atoms with Crippen molar-refractivity contribution in [2.75, 3.05) is 16.6 Å². The minimum atomic E-state index is -3.72. The standard InChI is InChI=1S/C18H21N3O3S/c1-13-8-10-14(11-9-13)25(23,24)21-16-6-3-2-5-15(16)20-18(22)17-7-4-12-19-17/h2-3,5-6,8-11,17,19,21H,4,7,12H2,1H3,(H,20,22)/t17-/m0/s1. The summed E-state index contributed by atoms with van der Waals surface area (Å²) in [6.45, 7) is 2.71. The highest BCUT2D eigenvalue weighted by atomic mass is 32.2. The molecule has 2 aromatic rings. The molecule has 1 aliphatic heterocycles. The predicted molar refractivity (Wildman–Crippen MR) is 98.1 cm³/mol. The Morgan fingerprint density at radius 1 is 1.08 bits per heavy atom. The van der Waals surface area contributed by atoms with Crippen LogP contribution in [-0.4, -0.2) is 26.9 Å². The first-order valence-corrected chi connectivity index (χ1v) is 9.67. The molecule has 132 valence electrons. The third kappa shape index (κ3) is 4.18. The molecule has 7 heteroatoms. The van der Waals surface area contributed by atoms with Crippen molar-refractivity contribution in [1.82, 2.24) is 5.32 Å². The lowest BCUT2D eigenvalue weighted by atomic mass is 10.2. The third-order valence-electron chi connectivity index (χ3n) is 4.14. The molecule has 1 saturated heterocycles. The lowest BCUT2D eigenvalue weighted by molar-refractivity contribution is -0.117. The first-order valence-electron chi connectivity index (χ1n) is 8.18. The molecule has 1 amide bonds. The monoisotopic (exact) mass is 359 g/mol. The van der Waals surface area contributed by atoms with Crippen LogP contribution < -0.4 is 15.4 Å². The number of nitrogens with one attached hydrogen (secondary N) is 3. The molecule has 0 bridgehead atoms. The molecular weight excluding hydrogens is 338 g/mol. The van der Waals surface area contributed by atoms with Crippen LogP contribution in [0.5, 0.6) is 0 Å². The maximum atomic E-state index is 12.6. The summed E-state index contributed by atoms with van der Waals surface area (Å²) in [7, 11) is -3.72. The van der Waals surface area contributed by atoms with Crippen molar-refractivity contribution < 1.29 is 13.2 Å². The van der Waals surface area contributed by atoms with E-state index in [1.807, 2.05) is 6.92 Å². The summed E-state index contributed by atoms with van der Waals surface area (Å²) >= 11 is 0.